The molecule has 112 valence electrons. The van der Waals surface area contributed by atoms with Gasteiger partial charge in [-0.05, 0) is 19.2 Å². The second-order valence-corrected chi connectivity index (χ2v) is 4.36. The van der Waals surface area contributed by atoms with E-state index in [0.29, 0.717) is 6.54 Å². The summed E-state index contributed by atoms with van der Waals surface area (Å²) in [6.07, 6.45) is 0. The first-order valence-electron chi connectivity index (χ1n) is 6.67. The number of hydrogen-bond acceptors (Lipinski definition) is 4. The van der Waals surface area contributed by atoms with Gasteiger partial charge in [0.25, 0.3) is 5.91 Å². The van der Waals surface area contributed by atoms with Crippen LogP contribution < -0.4 is 15.8 Å². The molecule has 0 aliphatic carbocycles. The fourth-order valence-corrected chi connectivity index (χ4v) is 1.97. The summed E-state index contributed by atoms with van der Waals surface area (Å²) in [5, 5.41) is 2.74. The zero-order valence-corrected chi connectivity index (χ0v) is 12.2. The lowest BCUT2D eigenvalue weighted by Gasteiger charge is -2.18. The highest BCUT2D eigenvalue weighted by Gasteiger charge is 2.16. The topological polar surface area (TPSA) is 67.6 Å². The molecular weight excluding hydrogens is 261 g/mol. The van der Waals surface area contributed by atoms with Gasteiger partial charge in [-0.15, -0.1) is 0 Å². The number of benzene rings is 1. The third kappa shape index (κ3) is 4.09. The van der Waals surface area contributed by atoms with Crippen molar-refractivity contribution in [1.82, 2.24) is 10.2 Å². The monoisotopic (exact) mass is 283 g/mol. The van der Waals surface area contributed by atoms with Crippen molar-refractivity contribution >= 4 is 11.6 Å². The van der Waals surface area contributed by atoms with Crippen LogP contribution in [0.3, 0.4) is 0 Å². The first kappa shape index (κ1) is 16.2. The Labute approximate surface area is 118 Å². The number of carbonyl (C=O) groups excluding carboxylic acids is 1. The van der Waals surface area contributed by atoms with E-state index in [9.17, 15) is 9.18 Å². The number of anilines is 1. The number of carbonyl (C=O) groups is 1. The number of nitrogens with zero attached hydrogens (tertiary/aromatic N) is 1. The molecule has 0 saturated heterocycles. The van der Waals surface area contributed by atoms with Gasteiger partial charge in [0.2, 0.25) is 0 Å². The smallest absolute Gasteiger partial charge is 0.255 e. The normalized spacial score (nSPS) is 10.7. The van der Waals surface area contributed by atoms with Crippen LogP contribution in [0.5, 0.6) is 5.75 Å². The molecule has 5 nitrogen and oxygen atoms in total. The molecule has 0 aromatic heterocycles. The van der Waals surface area contributed by atoms with Crippen LogP contribution in [-0.2, 0) is 0 Å². The van der Waals surface area contributed by atoms with E-state index in [4.69, 9.17) is 10.5 Å². The summed E-state index contributed by atoms with van der Waals surface area (Å²) in [4.78, 5) is 14.2. The molecule has 0 aliphatic rings. The van der Waals surface area contributed by atoms with Crippen LogP contribution in [0.15, 0.2) is 12.1 Å². The number of halogens is 1. The fraction of sp³-hybridized carbons (Fsp3) is 0.500. The number of nitrogen functional groups attached to an aromatic ring is 1. The van der Waals surface area contributed by atoms with Crippen molar-refractivity contribution in [1.29, 1.82) is 0 Å². The molecule has 0 radical (unpaired) electrons. The van der Waals surface area contributed by atoms with Gasteiger partial charge in [-0.3, -0.25) is 4.79 Å². The van der Waals surface area contributed by atoms with Gasteiger partial charge in [0.05, 0.1) is 18.4 Å². The Morgan fingerprint density at radius 2 is 2.05 bits per heavy atom. The van der Waals surface area contributed by atoms with Gasteiger partial charge in [0.15, 0.2) is 5.75 Å². The average molecular weight is 283 g/mol. The summed E-state index contributed by atoms with van der Waals surface area (Å²) < 4.78 is 18.4. The number of likely N-dealkylation sites (N-methyl/N-ethyl adjacent to an activating group) is 1. The van der Waals surface area contributed by atoms with Crippen molar-refractivity contribution < 1.29 is 13.9 Å². The molecular formula is C14H22FN3O2. The van der Waals surface area contributed by atoms with Gasteiger partial charge in [-0.2, -0.15) is 0 Å². The van der Waals surface area contributed by atoms with Crippen molar-refractivity contribution in [3.05, 3.63) is 23.5 Å². The van der Waals surface area contributed by atoms with E-state index in [1.807, 2.05) is 0 Å². The number of methoxy groups -OCH3 is 1. The molecule has 0 atom stereocenters. The largest absolute Gasteiger partial charge is 0.494 e. The zero-order valence-electron chi connectivity index (χ0n) is 12.2. The lowest BCUT2D eigenvalue weighted by Crippen LogP contribution is -2.35. The lowest BCUT2D eigenvalue weighted by atomic mass is 10.1. The maximum Gasteiger partial charge on any atom is 0.255 e. The Morgan fingerprint density at radius 1 is 1.40 bits per heavy atom. The molecule has 0 fully saturated rings. The Balaban J connectivity index is 2.72. The lowest BCUT2D eigenvalue weighted by molar-refractivity contribution is 0.0945. The third-order valence-corrected chi connectivity index (χ3v) is 3.14. The summed E-state index contributed by atoms with van der Waals surface area (Å²) >= 11 is 0. The minimum Gasteiger partial charge on any atom is -0.494 e. The van der Waals surface area contributed by atoms with E-state index in [1.54, 1.807) is 0 Å². The average Bonchev–Trinajstić information content (AvgIpc) is 2.42. The van der Waals surface area contributed by atoms with Gasteiger partial charge in [0, 0.05) is 19.2 Å². The minimum absolute atomic E-state index is 0.112. The van der Waals surface area contributed by atoms with E-state index in [0.717, 1.165) is 31.8 Å². The van der Waals surface area contributed by atoms with Crippen molar-refractivity contribution in [3.63, 3.8) is 0 Å². The van der Waals surface area contributed by atoms with Crippen LogP contribution in [0.1, 0.15) is 24.2 Å². The van der Waals surface area contributed by atoms with Crippen LogP contribution in [0.2, 0.25) is 0 Å². The zero-order chi connectivity index (χ0) is 15.1. The van der Waals surface area contributed by atoms with E-state index >= 15 is 0 Å². The minimum atomic E-state index is -0.558. The second-order valence-electron chi connectivity index (χ2n) is 4.36. The highest BCUT2D eigenvalue weighted by atomic mass is 19.1. The Bertz CT molecular complexity index is 462. The second kappa shape index (κ2) is 7.69. The van der Waals surface area contributed by atoms with Crippen molar-refractivity contribution in [2.45, 2.75) is 13.8 Å². The van der Waals surface area contributed by atoms with Crippen molar-refractivity contribution in [2.75, 3.05) is 39.0 Å². The maximum atomic E-state index is 13.3. The number of hydrogen-bond donors (Lipinski definition) is 2. The van der Waals surface area contributed by atoms with E-state index in [2.05, 4.69) is 24.1 Å². The summed E-state index contributed by atoms with van der Waals surface area (Å²) in [6, 6.07) is 2.26. The first-order valence-corrected chi connectivity index (χ1v) is 6.67. The molecule has 20 heavy (non-hydrogen) atoms. The number of rotatable bonds is 7. The first-order chi connectivity index (χ1) is 9.53. The van der Waals surface area contributed by atoms with Crippen LogP contribution in [0.4, 0.5) is 10.1 Å². The molecule has 0 saturated carbocycles. The summed E-state index contributed by atoms with van der Waals surface area (Å²) in [7, 11) is 1.40. The molecule has 0 heterocycles. The quantitative estimate of drug-likeness (QED) is 0.744. The molecule has 1 rings (SSSR count). The predicted octanol–water partition coefficient (Wildman–Crippen LogP) is 1.49. The van der Waals surface area contributed by atoms with E-state index < -0.39 is 5.82 Å². The molecule has 1 aromatic carbocycles. The molecule has 1 aromatic rings. The molecule has 0 bridgehead atoms. The van der Waals surface area contributed by atoms with Crippen molar-refractivity contribution in [2.24, 2.45) is 0 Å². The molecule has 1 amide bonds. The molecule has 0 spiro atoms. The van der Waals surface area contributed by atoms with Crippen molar-refractivity contribution in [3.8, 4) is 5.75 Å². The van der Waals surface area contributed by atoms with Gasteiger partial charge in [-0.1, -0.05) is 13.8 Å². The number of ether oxygens (including phenoxy) is 1. The third-order valence-electron chi connectivity index (χ3n) is 3.14. The number of amides is 1. The summed E-state index contributed by atoms with van der Waals surface area (Å²) in [6.45, 7) is 7.18. The summed E-state index contributed by atoms with van der Waals surface area (Å²) in [5.41, 5.74) is 5.86. The Morgan fingerprint density at radius 3 is 2.60 bits per heavy atom. The van der Waals surface area contributed by atoms with Gasteiger partial charge < -0.3 is 20.7 Å². The Hall–Kier alpha value is -1.82. The number of nitrogens with one attached hydrogen (secondary N) is 1. The SMILES string of the molecule is CCN(CC)CCNC(=O)c1cc(F)cc(N)c1OC. The highest BCUT2D eigenvalue weighted by Crippen LogP contribution is 2.27. The molecule has 0 aliphatic heterocycles. The van der Waals surface area contributed by atoms with Crippen LogP contribution in [0.25, 0.3) is 0 Å². The predicted molar refractivity (Wildman–Crippen MR) is 77.5 cm³/mol. The van der Waals surface area contributed by atoms with Gasteiger partial charge in [0.1, 0.15) is 5.82 Å². The highest BCUT2D eigenvalue weighted by molar-refractivity contribution is 5.98. The van der Waals surface area contributed by atoms with E-state index in [-0.39, 0.29) is 22.9 Å². The molecule has 3 N–H and O–H groups in total. The molecule has 0 unspecified atom stereocenters. The van der Waals surface area contributed by atoms with Gasteiger partial charge >= 0.3 is 0 Å². The van der Waals surface area contributed by atoms with E-state index in [1.165, 1.54) is 7.11 Å². The number of nitrogens with two attached hydrogens (primary N) is 1. The molecule has 6 heteroatoms. The standard InChI is InChI=1S/C14H22FN3O2/c1-4-18(5-2)7-6-17-14(19)11-8-10(15)9-12(16)13(11)20-3/h8-9H,4-7,16H2,1-3H3,(H,17,19). The maximum absolute atomic E-state index is 13.3. The van der Waals surface area contributed by atoms with Gasteiger partial charge in [-0.25, -0.2) is 4.39 Å². The van der Waals surface area contributed by atoms with Crippen LogP contribution >= 0.6 is 0 Å². The van der Waals surface area contributed by atoms with Crippen LogP contribution in [-0.4, -0.2) is 44.1 Å². The fourth-order valence-electron chi connectivity index (χ4n) is 1.97. The summed E-state index contributed by atoms with van der Waals surface area (Å²) in [5.74, 6) is -0.746. The Kier molecular flexibility index (Phi) is 6.24. The van der Waals surface area contributed by atoms with Crippen LogP contribution in [0, 0.1) is 5.82 Å².